The Labute approximate surface area is 207 Å². The molecule has 1 amide bonds. The molecule has 6 nitrogen and oxygen atoms in total. The fourth-order valence-electron chi connectivity index (χ4n) is 6.12. The van der Waals surface area contributed by atoms with E-state index in [0.29, 0.717) is 37.4 Å². The number of rotatable bonds is 7. The largest absolute Gasteiger partial charge is 0.494 e. The van der Waals surface area contributed by atoms with Crippen LogP contribution in [0.2, 0.25) is 0 Å². The van der Waals surface area contributed by atoms with E-state index >= 15 is 0 Å². The quantitative estimate of drug-likeness (QED) is 0.454. The van der Waals surface area contributed by atoms with Gasteiger partial charge in [0.05, 0.1) is 24.1 Å². The van der Waals surface area contributed by atoms with Gasteiger partial charge in [-0.15, -0.1) is 0 Å². The van der Waals surface area contributed by atoms with Crippen LogP contribution in [0, 0.1) is 10.8 Å². The van der Waals surface area contributed by atoms with Gasteiger partial charge in [-0.2, -0.15) is 13.2 Å². The van der Waals surface area contributed by atoms with Gasteiger partial charge in [-0.1, -0.05) is 0 Å². The number of piperidine rings is 1. The number of hydrogen-bond donors (Lipinski definition) is 0. The van der Waals surface area contributed by atoms with E-state index in [2.05, 4.69) is 9.88 Å². The molecule has 6 rings (SSSR count). The maximum Gasteiger partial charge on any atom is 0.394 e. The van der Waals surface area contributed by atoms with Crippen LogP contribution in [0.3, 0.4) is 0 Å². The van der Waals surface area contributed by atoms with Gasteiger partial charge in [0, 0.05) is 44.0 Å². The molecule has 1 aromatic carbocycles. The van der Waals surface area contributed by atoms with Crippen molar-refractivity contribution >= 4 is 17.3 Å². The third-order valence-corrected chi connectivity index (χ3v) is 7.86. The Hall–Kier alpha value is -3.04. The molecule has 0 N–H and O–H groups in total. The number of likely N-dealkylation sites (tertiary alicyclic amines) is 1. The first kappa shape index (κ1) is 24.6. The van der Waals surface area contributed by atoms with Crippen LogP contribution in [0.25, 0.3) is 0 Å². The van der Waals surface area contributed by atoms with Crippen molar-refractivity contribution in [3.63, 3.8) is 0 Å². The van der Waals surface area contributed by atoms with Crippen LogP contribution in [0.5, 0.6) is 11.5 Å². The van der Waals surface area contributed by atoms with Gasteiger partial charge in [0.2, 0.25) is 12.3 Å². The molecule has 3 saturated carbocycles. The first-order valence-corrected chi connectivity index (χ1v) is 12.1. The highest BCUT2D eigenvalue weighted by Gasteiger charge is 2.81. The molecule has 1 atom stereocenters. The van der Waals surface area contributed by atoms with E-state index in [1.54, 1.807) is 42.6 Å². The summed E-state index contributed by atoms with van der Waals surface area (Å²) in [6.07, 6.45) is -1.28. The molecule has 10 heteroatoms. The number of nitrogens with zero attached hydrogens (tertiary/aromatic N) is 3. The summed E-state index contributed by atoms with van der Waals surface area (Å²) in [5.41, 5.74) is -0.872. The molecule has 2 heterocycles. The Kier molecular flexibility index (Phi) is 6.03. The van der Waals surface area contributed by atoms with Gasteiger partial charge in [0.25, 0.3) is 0 Å². The van der Waals surface area contributed by atoms with Crippen molar-refractivity contribution in [1.82, 2.24) is 9.88 Å². The van der Waals surface area contributed by atoms with Crippen LogP contribution in [0.15, 0.2) is 42.7 Å². The minimum atomic E-state index is -4.23. The average Bonchev–Trinajstić information content (AvgIpc) is 2.78. The molecule has 1 saturated heterocycles. The molecule has 2 aromatic rings. The molecule has 4 fully saturated rings. The van der Waals surface area contributed by atoms with Gasteiger partial charge in [-0.25, -0.2) is 4.39 Å². The number of aromatic nitrogens is 1. The molecular weight excluding hydrogens is 478 g/mol. The Balaban J connectivity index is 1.32. The fraction of sp³-hybridized carbons (Fsp3) is 0.538. The number of carbonyl (C=O) groups is 1. The Morgan fingerprint density at radius 3 is 2.33 bits per heavy atom. The van der Waals surface area contributed by atoms with Gasteiger partial charge in [0.15, 0.2) is 0 Å². The molecule has 2 bridgehead atoms. The van der Waals surface area contributed by atoms with E-state index in [1.807, 2.05) is 12.1 Å². The first-order valence-electron chi connectivity index (χ1n) is 12.1. The number of hydrogen-bond acceptors (Lipinski definition) is 5. The normalized spacial score (nSPS) is 26.4. The molecule has 3 aliphatic carbocycles. The van der Waals surface area contributed by atoms with Crippen LogP contribution in [0.1, 0.15) is 39.0 Å². The van der Waals surface area contributed by atoms with Crippen molar-refractivity contribution in [2.75, 3.05) is 25.1 Å². The topological polar surface area (TPSA) is 54.9 Å². The molecule has 194 valence electrons. The summed E-state index contributed by atoms with van der Waals surface area (Å²) in [6.45, 7) is 2.24. The van der Waals surface area contributed by atoms with Gasteiger partial charge in [-0.3, -0.25) is 9.78 Å². The highest BCUT2D eigenvalue weighted by atomic mass is 19.4. The van der Waals surface area contributed by atoms with Gasteiger partial charge in [0.1, 0.15) is 17.2 Å². The van der Waals surface area contributed by atoms with Crippen molar-refractivity contribution in [2.45, 2.75) is 57.6 Å². The fourth-order valence-corrected chi connectivity index (χ4v) is 6.12. The van der Waals surface area contributed by atoms with Gasteiger partial charge >= 0.3 is 6.18 Å². The zero-order valence-corrected chi connectivity index (χ0v) is 20.2. The monoisotopic (exact) mass is 507 g/mol. The van der Waals surface area contributed by atoms with Crippen LogP contribution < -0.4 is 14.4 Å². The van der Waals surface area contributed by atoms with Crippen LogP contribution in [0.4, 0.5) is 28.9 Å². The second-order valence-electron chi connectivity index (χ2n) is 10.2. The number of ether oxygens (including phenoxy) is 2. The predicted octanol–water partition coefficient (Wildman–Crippen LogP) is 5.65. The van der Waals surface area contributed by atoms with E-state index in [4.69, 9.17) is 9.47 Å². The van der Waals surface area contributed by atoms with Crippen molar-refractivity contribution in [3.05, 3.63) is 42.7 Å². The van der Waals surface area contributed by atoms with Crippen molar-refractivity contribution < 1.29 is 31.8 Å². The highest BCUT2D eigenvalue weighted by Crippen LogP contribution is 2.78. The van der Waals surface area contributed by atoms with Crippen molar-refractivity contribution in [1.29, 1.82) is 0 Å². The van der Waals surface area contributed by atoms with Crippen molar-refractivity contribution in [2.24, 2.45) is 10.8 Å². The number of benzene rings is 1. The van der Waals surface area contributed by atoms with Crippen LogP contribution >= 0.6 is 0 Å². The van der Waals surface area contributed by atoms with Crippen LogP contribution in [-0.4, -0.2) is 54.6 Å². The first-order chi connectivity index (χ1) is 17.1. The number of pyridine rings is 1. The van der Waals surface area contributed by atoms with E-state index in [9.17, 15) is 22.4 Å². The molecule has 36 heavy (non-hydrogen) atoms. The van der Waals surface area contributed by atoms with Crippen molar-refractivity contribution in [3.8, 4) is 11.5 Å². The highest BCUT2D eigenvalue weighted by molar-refractivity contribution is 5.87. The minimum absolute atomic E-state index is 0.00596. The molecule has 0 spiro atoms. The molecule has 1 aromatic heterocycles. The lowest BCUT2D eigenvalue weighted by atomic mass is 9.34. The smallest absolute Gasteiger partial charge is 0.394 e. The second-order valence-corrected chi connectivity index (χ2v) is 10.2. The SMILES string of the molecule is COc1ccncc1N(c1ccc(OC(C)F)cc1)C1CCN(C(=O)C23CC(C(F)(F)F)(C2)C3)CC1. The molecule has 1 aliphatic heterocycles. The summed E-state index contributed by atoms with van der Waals surface area (Å²) in [6, 6.07) is 8.81. The third kappa shape index (κ3) is 4.04. The lowest BCUT2D eigenvalue weighted by Crippen LogP contribution is -2.73. The average molecular weight is 508 g/mol. The summed E-state index contributed by atoms with van der Waals surface area (Å²) < 4.78 is 63.7. The Bertz CT molecular complexity index is 1090. The molecule has 0 radical (unpaired) electrons. The van der Waals surface area contributed by atoms with E-state index < -0.39 is 23.4 Å². The second kappa shape index (κ2) is 8.81. The maximum absolute atomic E-state index is 13.3. The summed E-state index contributed by atoms with van der Waals surface area (Å²) >= 11 is 0. The zero-order valence-electron chi connectivity index (χ0n) is 20.2. The standard InChI is InChI=1S/C26H29F4N3O3/c1-17(27)36-20-5-3-18(4-6-20)33(21-13-31-10-7-22(21)35-2)19-8-11-32(12-9-19)23(34)24-14-25(15-24,16-24)26(28,29)30/h3-7,10,13,17,19H,8-9,11-12,14-16H2,1-2H3. The minimum Gasteiger partial charge on any atom is -0.494 e. The molecular formula is C26H29F4N3O3. The number of anilines is 2. The number of halogens is 4. The lowest BCUT2D eigenvalue weighted by molar-refractivity contribution is -0.353. The third-order valence-electron chi connectivity index (χ3n) is 7.86. The Morgan fingerprint density at radius 1 is 1.14 bits per heavy atom. The van der Waals surface area contributed by atoms with Crippen LogP contribution in [-0.2, 0) is 4.79 Å². The Morgan fingerprint density at radius 2 is 1.78 bits per heavy atom. The maximum atomic E-state index is 13.3. The number of alkyl halides is 4. The summed E-state index contributed by atoms with van der Waals surface area (Å²) in [5, 5.41) is 0. The summed E-state index contributed by atoms with van der Waals surface area (Å²) in [7, 11) is 1.58. The molecule has 4 aliphatic rings. The van der Waals surface area contributed by atoms with Gasteiger partial charge < -0.3 is 19.3 Å². The van der Waals surface area contributed by atoms with Gasteiger partial charge in [-0.05, 0) is 56.4 Å². The van der Waals surface area contributed by atoms with E-state index in [1.165, 1.54) is 6.92 Å². The predicted molar refractivity (Wildman–Crippen MR) is 125 cm³/mol. The summed E-state index contributed by atoms with van der Waals surface area (Å²) in [5.74, 6) is 0.898. The lowest BCUT2D eigenvalue weighted by Gasteiger charge is -2.69. The zero-order chi connectivity index (χ0) is 25.7. The summed E-state index contributed by atoms with van der Waals surface area (Å²) in [4.78, 5) is 21.2. The van der Waals surface area contributed by atoms with E-state index in [-0.39, 0.29) is 31.2 Å². The number of methoxy groups -OCH3 is 1. The molecule has 1 unspecified atom stereocenters. The van der Waals surface area contributed by atoms with E-state index in [0.717, 1.165) is 11.4 Å². The number of amides is 1. The number of carbonyl (C=O) groups excluding carboxylic acids is 1.